The normalized spacial score (nSPS) is 41.3. The standard InChI is InChI=1S/C30H40O10Si/c1-15-18(36-6)13-30(35)25(38-26(34)17-10-8-7-9-11-17)23-28(5,24(33)22(32)21(15)27(30,3)4)19(40-41)12-20-29(23,14-37-20)39-16(2)31/h7-11,18-20,22-23,25,32,35H,12-14H2,1-6,41H3/t18-,19-,20+,22+,23-,25-,28+,29-,30+/m0/s1. The van der Waals surface area contributed by atoms with Crippen molar-refractivity contribution in [2.75, 3.05) is 13.7 Å². The fourth-order valence-corrected chi connectivity index (χ4v) is 8.91. The molecule has 0 aromatic heterocycles. The average Bonchev–Trinajstić information content (AvgIpc) is 2.92. The molecule has 10 nitrogen and oxygen atoms in total. The smallest absolute Gasteiger partial charge is 0.338 e. The number of Topliss-reactive ketones (excluding diaryl/α,β-unsaturated/α-hetero) is 1. The number of carbonyl (C=O) groups excluding carboxylic acids is 3. The minimum absolute atomic E-state index is 0.000133. The number of rotatable bonds is 5. The number of aliphatic hydroxyl groups excluding tert-OH is 1. The molecule has 41 heavy (non-hydrogen) atoms. The van der Waals surface area contributed by atoms with Crippen molar-refractivity contribution in [3.63, 3.8) is 0 Å². The summed E-state index contributed by atoms with van der Waals surface area (Å²) in [4.78, 5) is 41.0. The van der Waals surface area contributed by atoms with E-state index in [1.807, 2.05) is 0 Å². The first-order valence-corrected chi connectivity index (χ1v) is 14.8. The van der Waals surface area contributed by atoms with E-state index in [0.29, 0.717) is 11.1 Å². The van der Waals surface area contributed by atoms with Gasteiger partial charge in [-0.1, -0.05) is 32.0 Å². The van der Waals surface area contributed by atoms with Crippen LogP contribution < -0.4 is 0 Å². The molecule has 0 amide bonds. The third-order valence-electron chi connectivity index (χ3n) is 10.5. The van der Waals surface area contributed by atoms with E-state index in [9.17, 15) is 24.6 Å². The Kier molecular flexibility index (Phi) is 7.40. The van der Waals surface area contributed by atoms with Crippen LogP contribution in [0.4, 0.5) is 0 Å². The molecule has 1 saturated heterocycles. The van der Waals surface area contributed by atoms with Crippen LogP contribution in [0, 0.1) is 16.7 Å². The van der Waals surface area contributed by atoms with Gasteiger partial charge in [-0.25, -0.2) is 4.79 Å². The van der Waals surface area contributed by atoms with E-state index in [1.165, 1.54) is 14.0 Å². The number of hydrogen-bond donors (Lipinski definition) is 2. The summed E-state index contributed by atoms with van der Waals surface area (Å²) >= 11 is 0. The number of ketones is 1. The molecule has 0 spiro atoms. The molecule has 1 aromatic rings. The van der Waals surface area contributed by atoms with Gasteiger partial charge in [-0.15, -0.1) is 0 Å². The Morgan fingerprint density at radius 3 is 2.34 bits per heavy atom. The Labute approximate surface area is 242 Å². The SMILES string of the molecule is CO[C@H]1C[C@@]2(O)[C@@H](OC(=O)c3ccccc3)[C@@H]3[C@]4(OC(C)=O)CO[C@@H]4C[C@H](O[SiH3])[C@@]3(C)C(=O)[C@H](O)C(=C1C)C2(C)C. The molecule has 2 saturated carbocycles. The molecular weight excluding hydrogens is 548 g/mol. The van der Waals surface area contributed by atoms with Crippen molar-refractivity contribution in [3.8, 4) is 0 Å². The Morgan fingerprint density at radius 1 is 1.15 bits per heavy atom. The zero-order valence-corrected chi connectivity index (χ0v) is 26.6. The largest absolute Gasteiger partial charge is 0.455 e. The van der Waals surface area contributed by atoms with Crippen LogP contribution in [0.25, 0.3) is 0 Å². The second kappa shape index (κ2) is 10.1. The highest BCUT2D eigenvalue weighted by molar-refractivity contribution is 5.99. The lowest BCUT2D eigenvalue weighted by atomic mass is 9.44. The molecule has 9 atom stereocenters. The van der Waals surface area contributed by atoms with Crippen molar-refractivity contribution in [2.45, 2.75) is 89.2 Å². The molecule has 224 valence electrons. The van der Waals surface area contributed by atoms with E-state index in [0.717, 1.165) is 0 Å². The first-order valence-electron chi connectivity index (χ1n) is 14.0. The first-order chi connectivity index (χ1) is 19.2. The maximum absolute atomic E-state index is 14.7. The summed E-state index contributed by atoms with van der Waals surface area (Å²) < 4.78 is 30.1. The van der Waals surface area contributed by atoms with Gasteiger partial charge in [-0.2, -0.15) is 0 Å². The van der Waals surface area contributed by atoms with Crippen molar-refractivity contribution in [1.29, 1.82) is 0 Å². The van der Waals surface area contributed by atoms with Crippen molar-refractivity contribution < 1.29 is 48.0 Å². The highest BCUT2D eigenvalue weighted by Crippen LogP contribution is 2.64. The van der Waals surface area contributed by atoms with Crippen LogP contribution >= 0.6 is 0 Å². The van der Waals surface area contributed by atoms with Crippen molar-refractivity contribution in [2.24, 2.45) is 16.7 Å². The topological polar surface area (TPSA) is 138 Å². The Balaban J connectivity index is 1.83. The van der Waals surface area contributed by atoms with Crippen LogP contribution in [-0.4, -0.2) is 93.9 Å². The molecule has 11 heteroatoms. The molecule has 0 radical (unpaired) electrons. The fourth-order valence-electron chi connectivity index (χ4n) is 8.22. The highest BCUT2D eigenvalue weighted by atomic mass is 28.2. The number of methoxy groups -OCH3 is 1. The highest BCUT2D eigenvalue weighted by Gasteiger charge is 2.78. The second-order valence-corrected chi connectivity index (χ2v) is 13.1. The van der Waals surface area contributed by atoms with Gasteiger partial charge in [0.25, 0.3) is 0 Å². The fraction of sp³-hybridized carbons (Fsp3) is 0.633. The zero-order valence-electron chi connectivity index (χ0n) is 24.6. The second-order valence-electron chi connectivity index (χ2n) is 12.6. The van der Waals surface area contributed by atoms with Gasteiger partial charge in [-0.05, 0) is 37.1 Å². The summed E-state index contributed by atoms with van der Waals surface area (Å²) in [7, 11) is 1.74. The van der Waals surface area contributed by atoms with Gasteiger partial charge in [0, 0.05) is 32.3 Å². The summed E-state index contributed by atoms with van der Waals surface area (Å²) in [6.45, 7) is 8.11. The number of hydrogen-bond acceptors (Lipinski definition) is 10. The summed E-state index contributed by atoms with van der Waals surface area (Å²) in [5, 5.41) is 24.8. The number of esters is 2. The molecule has 0 unspecified atom stereocenters. The molecule has 1 aromatic carbocycles. The molecule has 3 aliphatic carbocycles. The van der Waals surface area contributed by atoms with Gasteiger partial charge in [0.1, 0.15) is 34.4 Å². The van der Waals surface area contributed by atoms with Gasteiger partial charge in [0.2, 0.25) is 0 Å². The predicted octanol–water partition coefficient (Wildman–Crippen LogP) is 1.04. The first kappa shape index (κ1) is 30.1. The molecule has 1 heterocycles. The zero-order chi connectivity index (χ0) is 30.1. The summed E-state index contributed by atoms with van der Waals surface area (Å²) in [5.74, 6) is -2.99. The lowest BCUT2D eigenvalue weighted by molar-refractivity contribution is -0.344. The number of fused-ring (bicyclic) bond motifs is 5. The molecule has 1 aliphatic heterocycles. The van der Waals surface area contributed by atoms with E-state index in [2.05, 4.69) is 0 Å². The van der Waals surface area contributed by atoms with Crippen LogP contribution in [-0.2, 0) is 33.0 Å². The third kappa shape index (κ3) is 4.04. The molecule has 3 fully saturated rings. The van der Waals surface area contributed by atoms with Crippen LogP contribution in [0.1, 0.15) is 57.8 Å². The number of benzene rings is 1. The minimum Gasteiger partial charge on any atom is -0.455 e. The third-order valence-corrected chi connectivity index (χ3v) is 11.0. The lowest BCUT2D eigenvalue weighted by Gasteiger charge is -2.67. The Bertz CT molecular complexity index is 1280. The minimum atomic E-state index is -1.87. The molecule has 2 N–H and O–H groups in total. The van der Waals surface area contributed by atoms with Crippen LogP contribution in [0.2, 0.25) is 0 Å². The van der Waals surface area contributed by atoms with E-state index >= 15 is 0 Å². The van der Waals surface area contributed by atoms with E-state index in [1.54, 1.807) is 58.0 Å². The summed E-state index contributed by atoms with van der Waals surface area (Å²) in [6, 6.07) is 8.37. The average molecular weight is 589 g/mol. The van der Waals surface area contributed by atoms with Gasteiger partial charge < -0.3 is 33.6 Å². The predicted molar refractivity (Wildman–Crippen MR) is 149 cm³/mol. The molecular formula is C30H40O10Si. The van der Waals surface area contributed by atoms with Crippen molar-refractivity contribution in [1.82, 2.24) is 0 Å². The maximum Gasteiger partial charge on any atom is 0.338 e. The van der Waals surface area contributed by atoms with Crippen molar-refractivity contribution >= 4 is 28.2 Å². The summed E-state index contributed by atoms with van der Waals surface area (Å²) in [5.41, 5.74) is -4.88. The van der Waals surface area contributed by atoms with Crippen LogP contribution in [0.5, 0.6) is 0 Å². The summed E-state index contributed by atoms with van der Waals surface area (Å²) in [6.07, 6.45) is -4.88. The lowest BCUT2D eigenvalue weighted by Crippen LogP contribution is -2.82. The Morgan fingerprint density at radius 2 is 1.80 bits per heavy atom. The van der Waals surface area contributed by atoms with E-state index in [4.69, 9.17) is 23.4 Å². The van der Waals surface area contributed by atoms with E-state index < -0.39 is 76.2 Å². The number of ether oxygens (including phenoxy) is 4. The van der Waals surface area contributed by atoms with Gasteiger partial charge in [0.05, 0.1) is 35.7 Å². The quantitative estimate of drug-likeness (QED) is 0.292. The van der Waals surface area contributed by atoms with Crippen molar-refractivity contribution in [3.05, 3.63) is 47.0 Å². The molecule has 4 aliphatic rings. The van der Waals surface area contributed by atoms with Gasteiger partial charge in [0.15, 0.2) is 11.4 Å². The van der Waals surface area contributed by atoms with E-state index in [-0.39, 0.29) is 35.5 Å². The van der Waals surface area contributed by atoms with Gasteiger partial charge in [-0.3, -0.25) is 9.59 Å². The van der Waals surface area contributed by atoms with Gasteiger partial charge >= 0.3 is 11.9 Å². The molecule has 5 rings (SSSR count). The maximum atomic E-state index is 14.7. The molecule has 2 bridgehead atoms. The van der Waals surface area contributed by atoms with Crippen LogP contribution in [0.15, 0.2) is 41.5 Å². The Hall–Kier alpha value is -2.41. The monoisotopic (exact) mass is 588 g/mol. The number of carbonyl (C=O) groups is 3. The number of aliphatic hydroxyl groups is 2. The van der Waals surface area contributed by atoms with Crippen LogP contribution in [0.3, 0.4) is 0 Å².